The average Bonchev–Trinajstić information content (AvgIpc) is 2.93. The van der Waals surface area contributed by atoms with Gasteiger partial charge in [0.15, 0.2) is 0 Å². The van der Waals surface area contributed by atoms with Gasteiger partial charge in [0.05, 0.1) is 12.7 Å². The molecule has 21 heavy (non-hydrogen) atoms. The number of hydrogen-bond acceptors (Lipinski definition) is 4. The first-order chi connectivity index (χ1) is 10.0. The van der Waals surface area contributed by atoms with E-state index in [0.29, 0.717) is 25.3 Å². The van der Waals surface area contributed by atoms with Gasteiger partial charge in [-0.3, -0.25) is 9.59 Å². The van der Waals surface area contributed by atoms with E-state index in [1.807, 2.05) is 0 Å². The number of hydrogen-bond donors (Lipinski definition) is 2. The summed E-state index contributed by atoms with van der Waals surface area (Å²) in [5.74, 6) is -0.441. The number of aromatic hydroxyl groups is 1. The third kappa shape index (κ3) is 3.65. The first-order valence-corrected chi connectivity index (χ1v) is 6.89. The Morgan fingerprint density at radius 1 is 1.43 bits per heavy atom. The summed E-state index contributed by atoms with van der Waals surface area (Å²) in [7, 11) is 1.49. The van der Waals surface area contributed by atoms with Crippen molar-refractivity contribution in [3.05, 3.63) is 23.8 Å². The Morgan fingerprint density at radius 2 is 2.19 bits per heavy atom. The van der Waals surface area contributed by atoms with Crippen LogP contribution in [0, 0.1) is 5.92 Å². The monoisotopic (exact) mass is 293 g/mol. The second kappa shape index (κ2) is 6.47. The Hall–Kier alpha value is -2.24. The van der Waals surface area contributed by atoms with Gasteiger partial charge < -0.3 is 19.8 Å². The van der Waals surface area contributed by atoms with Crippen molar-refractivity contribution in [2.24, 2.45) is 5.92 Å². The Morgan fingerprint density at radius 3 is 2.81 bits per heavy atom. The topological polar surface area (TPSA) is 87.1 Å². The number of methoxy groups -OCH3 is 1. The molecule has 1 heterocycles. The summed E-state index contributed by atoms with van der Waals surface area (Å²) in [5.41, 5.74) is 0.245. The van der Waals surface area contributed by atoms with Crippen molar-refractivity contribution in [3.8, 4) is 11.5 Å². The molecular formula is C15H19NO5. The van der Waals surface area contributed by atoms with Crippen LogP contribution in [0.15, 0.2) is 18.2 Å². The molecule has 0 bridgehead atoms. The molecule has 1 aliphatic heterocycles. The van der Waals surface area contributed by atoms with E-state index < -0.39 is 5.97 Å². The number of carboxylic acid groups (broad SMARTS) is 1. The van der Waals surface area contributed by atoms with Crippen LogP contribution in [0.1, 0.15) is 29.6 Å². The van der Waals surface area contributed by atoms with E-state index in [1.165, 1.54) is 13.2 Å². The van der Waals surface area contributed by atoms with E-state index in [9.17, 15) is 14.7 Å². The van der Waals surface area contributed by atoms with E-state index >= 15 is 0 Å². The Labute approximate surface area is 122 Å². The second-order valence-corrected chi connectivity index (χ2v) is 5.22. The van der Waals surface area contributed by atoms with Crippen molar-refractivity contribution < 1.29 is 24.5 Å². The number of benzene rings is 1. The van der Waals surface area contributed by atoms with Crippen LogP contribution in [0.25, 0.3) is 0 Å². The molecule has 0 saturated carbocycles. The molecule has 1 saturated heterocycles. The van der Waals surface area contributed by atoms with Crippen molar-refractivity contribution >= 4 is 11.9 Å². The van der Waals surface area contributed by atoms with Crippen LogP contribution in [-0.4, -0.2) is 47.2 Å². The summed E-state index contributed by atoms with van der Waals surface area (Å²) in [6.45, 7) is 1.13. The lowest BCUT2D eigenvalue weighted by molar-refractivity contribution is -0.137. The number of ether oxygens (including phenoxy) is 1. The van der Waals surface area contributed by atoms with Crippen LogP contribution in [0.5, 0.6) is 11.5 Å². The van der Waals surface area contributed by atoms with Gasteiger partial charge >= 0.3 is 5.97 Å². The average molecular weight is 293 g/mol. The maximum atomic E-state index is 12.4. The van der Waals surface area contributed by atoms with Crippen molar-refractivity contribution in [2.75, 3.05) is 20.2 Å². The highest BCUT2D eigenvalue weighted by Crippen LogP contribution is 2.28. The summed E-state index contributed by atoms with van der Waals surface area (Å²) in [6, 6.07) is 4.58. The summed E-state index contributed by atoms with van der Waals surface area (Å²) in [5, 5.41) is 18.6. The van der Waals surface area contributed by atoms with Gasteiger partial charge in [0.1, 0.15) is 11.5 Å². The zero-order valence-corrected chi connectivity index (χ0v) is 11.9. The zero-order valence-electron chi connectivity index (χ0n) is 11.9. The largest absolute Gasteiger partial charge is 0.507 e. The fourth-order valence-corrected chi connectivity index (χ4v) is 2.57. The smallest absolute Gasteiger partial charge is 0.303 e. The Kier molecular flexibility index (Phi) is 4.67. The predicted octanol–water partition coefficient (Wildman–Crippen LogP) is 1.73. The number of amides is 1. The number of carbonyl (C=O) groups excluding carboxylic acids is 1. The molecule has 0 aliphatic carbocycles. The quantitative estimate of drug-likeness (QED) is 0.863. The van der Waals surface area contributed by atoms with Crippen LogP contribution in [0.3, 0.4) is 0 Å². The lowest BCUT2D eigenvalue weighted by atomic mass is 10.0. The van der Waals surface area contributed by atoms with Crippen LogP contribution >= 0.6 is 0 Å². The van der Waals surface area contributed by atoms with E-state index in [-0.39, 0.29) is 29.6 Å². The zero-order chi connectivity index (χ0) is 15.4. The van der Waals surface area contributed by atoms with Crippen LogP contribution < -0.4 is 4.74 Å². The van der Waals surface area contributed by atoms with E-state index in [1.54, 1.807) is 17.0 Å². The van der Waals surface area contributed by atoms with Gasteiger partial charge in [0.25, 0.3) is 5.91 Å². The summed E-state index contributed by atoms with van der Waals surface area (Å²) >= 11 is 0. The number of rotatable bonds is 5. The number of phenols is 1. The molecule has 1 unspecified atom stereocenters. The number of phenolic OH excluding ortho intramolecular Hbond substituents is 1. The third-order valence-electron chi connectivity index (χ3n) is 3.77. The lowest BCUT2D eigenvalue weighted by Crippen LogP contribution is -2.28. The molecule has 0 radical (unpaired) electrons. The number of likely N-dealkylation sites (tertiary alicyclic amines) is 1. The van der Waals surface area contributed by atoms with E-state index in [4.69, 9.17) is 9.84 Å². The van der Waals surface area contributed by atoms with E-state index in [0.717, 1.165) is 6.42 Å². The number of nitrogens with zero attached hydrogens (tertiary/aromatic N) is 1. The van der Waals surface area contributed by atoms with Gasteiger partial charge in [0.2, 0.25) is 0 Å². The van der Waals surface area contributed by atoms with Crippen molar-refractivity contribution in [3.63, 3.8) is 0 Å². The predicted molar refractivity (Wildman–Crippen MR) is 75.5 cm³/mol. The van der Waals surface area contributed by atoms with Gasteiger partial charge in [-0.25, -0.2) is 0 Å². The van der Waals surface area contributed by atoms with E-state index in [2.05, 4.69) is 0 Å². The molecule has 1 aromatic carbocycles. The maximum absolute atomic E-state index is 12.4. The van der Waals surface area contributed by atoms with Gasteiger partial charge in [-0.15, -0.1) is 0 Å². The van der Waals surface area contributed by atoms with Crippen molar-refractivity contribution in [1.82, 2.24) is 4.90 Å². The number of carboxylic acids is 1. The van der Waals surface area contributed by atoms with Crippen LogP contribution in [-0.2, 0) is 4.79 Å². The third-order valence-corrected chi connectivity index (χ3v) is 3.77. The first-order valence-electron chi connectivity index (χ1n) is 6.89. The van der Waals surface area contributed by atoms with Gasteiger partial charge in [-0.05, 0) is 30.9 Å². The minimum atomic E-state index is -0.812. The fraction of sp³-hybridized carbons (Fsp3) is 0.467. The minimum absolute atomic E-state index is 0.103. The maximum Gasteiger partial charge on any atom is 0.303 e. The molecule has 0 spiro atoms. The molecule has 0 aromatic heterocycles. The number of aliphatic carboxylic acids is 1. The Bertz CT molecular complexity index is 543. The molecule has 1 amide bonds. The molecule has 1 atom stereocenters. The molecule has 2 N–H and O–H groups in total. The second-order valence-electron chi connectivity index (χ2n) is 5.22. The van der Waals surface area contributed by atoms with Crippen molar-refractivity contribution in [2.45, 2.75) is 19.3 Å². The minimum Gasteiger partial charge on any atom is -0.507 e. The molecule has 2 rings (SSSR count). The molecule has 114 valence electrons. The fourth-order valence-electron chi connectivity index (χ4n) is 2.57. The van der Waals surface area contributed by atoms with Crippen molar-refractivity contribution in [1.29, 1.82) is 0 Å². The molecule has 1 aliphatic rings. The molecule has 1 aromatic rings. The summed E-state index contributed by atoms with van der Waals surface area (Å²) in [6.07, 6.45) is 1.50. The summed E-state index contributed by atoms with van der Waals surface area (Å²) in [4.78, 5) is 24.6. The first kappa shape index (κ1) is 15.2. The highest BCUT2D eigenvalue weighted by atomic mass is 16.5. The SMILES string of the molecule is COc1ccc(C(=O)N2CCC(CCC(=O)O)C2)c(O)c1. The van der Waals surface area contributed by atoms with Crippen LogP contribution in [0.2, 0.25) is 0 Å². The molecule has 1 fully saturated rings. The standard InChI is InChI=1S/C15H19NO5/c1-21-11-3-4-12(13(17)8-11)15(20)16-7-6-10(9-16)2-5-14(18)19/h3-4,8,10,17H,2,5-7,9H2,1H3,(H,18,19). The van der Waals surface area contributed by atoms with Gasteiger partial charge in [-0.2, -0.15) is 0 Å². The number of carbonyl (C=O) groups is 2. The Balaban J connectivity index is 1.99. The van der Waals surface area contributed by atoms with Gasteiger partial charge in [0, 0.05) is 25.6 Å². The molecular weight excluding hydrogens is 274 g/mol. The normalized spacial score (nSPS) is 17.8. The van der Waals surface area contributed by atoms with Gasteiger partial charge in [-0.1, -0.05) is 0 Å². The van der Waals surface area contributed by atoms with Crippen LogP contribution in [0.4, 0.5) is 0 Å². The molecule has 6 nitrogen and oxygen atoms in total. The lowest BCUT2D eigenvalue weighted by Gasteiger charge is -2.17. The highest BCUT2D eigenvalue weighted by Gasteiger charge is 2.28. The summed E-state index contributed by atoms with van der Waals surface area (Å²) < 4.78 is 4.99. The highest BCUT2D eigenvalue weighted by molar-refractivity contribution is 5.97. The molecule has 6 heteroatoms.